The number of thiazole rings is 1. The van der Waals surface area contributed by atoms with Crippen LogP contribution >= 0.6 is 11.3 Å². The quantitative estimate of drug-likeness (QED) is 0.531. The van der Waals surface area contributed by atoms with Gasteiger partial charge in [0.25, 0.3) is 0 Å². The molecule has 2 aromatic carbocycles. The molecule has 134 valence electrons. The fourth-order valence-electron chi connectivity index (χ4n) is 2.87. The molecule has 3 N–H and O–H groups in total. The third-order valence-corrected chi connectivity index (χ3v) is 5.07. The summed E-state index contributed by atoms with van der Waals surface area (Å²) >= 11 is 1.48. The van der Waals surface area contributed by atoms with E-state index in [2.05, 4.69) is 15.2 Å². The van der Waals surface area contributed by atoms with E-state index < -0.39 is 6.92 Å². The molecular weight excluding hydrogens is 359 g/mol. The molecule has 0 aliphatic heterocycles. The Morgan fingerprint density at radius 2 is 2.00 bits per heavy atom. The number of nitrogen functional groups attached to an aromatic ring is 1. The summed E-state index contributed by atoms with van der Waals surface area (Å²) in [5, 5.41) is 20.6. The summed E-state index contributed by atoms with van der Waals surface area (Å²) in [6, 6.07) is 11.5. The van der Waals surface area contributed by atoms with E-state index in [0.29, 0.717) is 22.0 Å². The number of anilines is 1. The molecule has 0 spiro atoms. The molecule has 27 heavy (non-hydrogen) atoms. The summed E-state index contributed by atoms with van der Waals surface area (Å²) in [5.41, 5.74) is 9.82. The zero-order valence-corrected chi connectivity index (χ0v) is 15.7. The van der Waals surface area contributed by atoms with Gasteiger partial charge in [0.2, 0.25) is 5.06 Å². The van der Waals surface area contributed by atoms with E-state index >= 15 is 0 Å². The number of fused-ring (bicyclic) bond motifs is 1. The molecule has 2 heterocycles. The summed E-state index contributed by atoms with van der Waals surface area (Å²) in [4.78, 5) is 4.23. The first kappa shape index (κ1) is 17.4. The van der Waals surface area contributed by atoms with E-state index in [9.17, 15) is 5.02 Å². The first-order valence-corrected chi connectivity index (χ1v) is 9.26. The van der Waals surface area contributed by atoms with Gasteiger partial charge in [0.1, 0.15) is 5.75 Å². The van der Waals surface area contributed by atoms with Crippen molar-refractivity contribution in [3.05, 3.63) is 53.8 Å². The van der Waals surface area contributed by atoms with Crippen LogP contribution < -0.4 is 15.9 Å². The van der Waals surface area contributed by atoms with Gasteiger partial charge >= 0.3 is 6.92 Å². The minimum absolute atomic E-state index is 0.584. The highest BCUT2D eigenvalue weighted by Gasteiger charge is 2.15. The normalized spacial score (nSPS) is 10.9. The number of aryl methyl sites for hydroxylation is 1. The number of hydrogen-bond donors (Lipinski definition) is 2. The topological polar surface area (TPSA) is 94.2 Å². The zero-order chi connectivity index (χ0) is 19.0. The van der Waals surface area contributed by atoms with Crippen LogP contribution in [0, 0.1) is 6.92 Å². The number of aromatic nitrogens is 3. The van der Waals surface area contributed by atoms with Crippen molar-refractivity contribution >= 4 is 40.3 Å². The standard InChI is InChI=1S/C19H17BN4O2S/c1-11-22-10-19(27-11)26-18-6-4-13(20(2)25)8-15(18)12-3-5-14-16(21)9-23-24-17(14)7-12/h3-10,25H,1-2H3,(H2,21,24). The second kappa shape index (κ2) is 6.98. The summed E-state index contributed by atoms with van der Waals surface area (Å²) < 4.78 is 6.07. The molecule has 0 radical (unpaired) electrons. The first-order chi connectivity index (χ1) is 13.0. The fraction of sp³-hybridized carbons (Fsp3) is 0.105. The van der Waals surface area contributed by atoms with Crippen LogP contribution in [0.3, 0.4) is 0 Å². The molecule has 6 nitrogen and oxygen atoms in total. The van der Waals surface area contributed by atoms with Crippen molar-refractivity contribution in [1.29, 1.82) is 0 Å². The predicted molar refractivity (Wildman–Crippen MR) is 110 cm³/mol. The van der Waals surface area contributed by atoms with Crippen LogP contribution in [-0.4, -0.2) is 27.1 Å². The molecule has 0 aliphatic rings. The molecule has 0 bridgehead atoms. The summed E-state index contributed by atoms with van der Waals surface area (Å²) in [5.74, 6) is 0.680. The maximum absolute atomic E-state index is 10.00. The van der Waals surface area contributed by atoms with Gasteiger partial charge in [-0.25, -0.2) is 4.98 Å². The molecule has 8 heteroatoms. The fourth-order valence-corrected chi connectivity index (χ4v) is 3.50. The van der Waals surface area contributed by atoms with Crippen LogP contribution in [-0.2, 0) is 0 Å². The summed E-state index contributed by atoms with van der Waals surface area (Å²) in [7, 11) is 0. The SMILES string of the molecule is CB(O)c1ccc(Oc2cnc(C)s2)c(-c2ccc3c(N)cnnc3c2)c1. The largest absolute Gasteiger partial charge is 0.447 e. The van der Waals surface area contributed by atoms with Crippen molar-refractivity contribution < 1.29 is 9.76 Å². The molecule has 0 saturated heterocycles. The number of benzene rings is 2. The van der Waals surface area contributed by atoms with E-state index in [1.807, 2.05) is 43.3 Å². The monoisotopic (exact) mass is 376 g/mol. The maximum atomic E-state index is 10.00. The van der Waals surface area contributed by atoms with E-state index in [1.54, 1.807) is 13.0 Å². The Morgan fingerprint density at radius 3 is 2.74 bits per heavy atom. The highest BCUT2D eigenvalue weighted by atomic mass is 32.1. The van der Waals surface area contributed by atoms with Crippen LogP contribution in [0.15, 0.2) is 48.8 Å². The maximum Gasteiger partial charge on any atom is 0.320 e. The van der Waals surface area contributed by atoms with Crippen molar-refractivity contribution in [3.8, 4) is 21.9 Å². The molecule has 0 unspecified atom stereocenters. The average molecular weight is 376 g/mol. The van der Waals surface area contributed by atoms with E-state index in [1.165, 1.54) is 17.5 Å². The van der Waals surface area contributed by atoms with E-state index in [0.717, 1.165) is 27.0 Å². The number of rotatable bonds is 4. The lowest BCUT2D eigenvalue weighted by Crippen LogP contribution is -2.26. The van der Waals surface area contributed by atoms with Gasteiger partial charge in [-0.05, 0) is 36.1 Å². The Morgan fingerprint density at radius 1 is 1.15 bits per heavy atom. The van der Waals surface area contributed by atoms with Crippen molar-refractivity contribution in [2.45, 2.75) is 13.7 Å². The highest BCUT2D eigenvalue weighted by Crippen LogP contribution is 2.36. The second-order valence-corrected chi connectivity index (χ2v) is 7.46. The van der Waals surface area contributed by atoms with Crippen LogP contribution in [0.2, 0.25) is 6.82 Å². The predicted octanol–water partition coefficient (Wildman–Crippen LogP) is 3.26. The average Bonchev–Trinajstić information content (AvgIpc) is 3.06. The molecule has 0 atom stereocenters. The van der Waals surface area contributed by atoms with Crippen molar-refractivity contribution in [1.82, 2.24) is 15.2 Å². The Bertz CT molecular complexity index is 1130. The zero-order valence-electron chi connectivity index (χ0n) is 14.9. The Labute approximate surface area is 160 Å². The molecular formula is C19H17BN4O2S. The lowest BCUT2D eigenvalue weighted by molar-refractivity contribution is 0.497. The van der Waals surface area contributed by atoms with Gasteiger partial charge in [0.15, 0.2) is 0 Å². The number of nitrogens with zero attached hydrogens (tertiary/aromatic N) is 3. The van der Waals surface area contributed by atoms with Crippen LogP contribution in [0.5, 0.6) is 10.8 Å². The lowest BCUT2D eigenvalue weighted by Gasteiger charge is -2.13. The molecule has 4 aromatic rings. The Kier molecular flexibility index (Phi) is 4.51. The summed E-state index contributed by atoms with van der Waals surface area (Å²) in [6.07, 6.45) is 3.25. The third-order valence-electron chi connectivity index (χ3n) is 4.28. The minimum atomic E-state index is -0.584. The van der Waals surface area contributed by atoms with Crippen LogP contribution in [0.4, 0.5) is 5.69 Å². The Balaban J connectivity index is 1.85. The van der Waals surface area contributed by atoms with E-state index in [4.69, 9.17) is 10.5 Å². The molecule has 0 fully saturated rings. The number of ether oxygens (including phenoxy) is 1. The molecule has 0 aliphatic carbocycles. The van der Waals surface area contributed by atoms with Crippen molar-refractivity contribution in [3.63, 3.8) is 0 Å². The van der Waals surface area contributed by atoms with Gasteiger partial charge in [0.05, 0.1) is 28.6 Å². The van der Waals surface area contributed by atoms with Crippen molar-refractivity contribution in [2.75, 3.05) is 5.73 Å². The first-order valence-electron chi connectivity index (χ1n) is 8.45. The smallest absolute Gasteiger partial charge is 0.320 e. The number of nitrogens with two attached hydrogens (primary N) is 1. The van der Waals surface area contributed by atoms with Gasteiger partial charge in [-0.15, -0.1) is 0 Å². The molecule has 0 amide bonds. The Hall–Kier alpha value is -2.97. The van der Waals surface area contributed by atoms with Gasteiger partial charge in [0, 0.05) is 10.9 Å². The summed E-state index contributed by atoms with van der Waals surface area (Å²) in [6.45, 7) is 3.08. The number of hydrogen-bond acceptors (Lipinski definition) is 7. The van der Waals surface area contributed by atoms with E-state index in [-0.39, 0.29) is 0 Å². The molecule has 0 saturated carbocycles. The van der Waals surface area contributed by atoms with Crippen LogP contribution in [0.25, 0.3) is 22.0 Å². The van der Waals surface area contributed by atoms with Crippen LogP contribution in [0.1, 0.15) is 5.01 Å². The second-order valence-electron chi connectivity index (χ2n) is 6.26. The van der Waals surface area contributed by atoms with Gasteiger partial charge < -0.3 is 15.5 Å². The molecule has 4 rings (SSSR count). The highest BCUT2D eigenvalue weighted by molar-refractivity contribution is 7.13. The molecule has 2 aromatic heterocycles. The van der Waals surface area contributed by atoms with Gasteiger partial charge in [-0.1, -0.05) is 36.4 Å². The lowest BCUT2D eigenvalue weighted by atomic mass is 9.64. The minimum Gasteiger partial charge on any atom is -0.447 e. The van der Waals surface area contributed by atoms with Gasteiger partial charge in [-0.2, -0.15) is 10.2 Å². The van der Waals surface area contributed by atoms with Gasteiger partial charge in [-0.3, -0.25) is 0 Å². The third kappa shape index (κ3) is 3.49. The van der Waals surface area contributed by atoms with Crippen molar-refractivity contribution in [2.24, 2.45) is 0 Å².